The number of likely N-dealkylation sites (tertiary alicyclic amines) is 1. The van der Waals surface area contributed by atoms with E-state index in [4.69, 9.17) is 0 Å². The van der Waals surface area contributed by atoms with Crippen molar-refractivity contribution in [2.75, 3.05) is 26.2 Å². The second kappa shape index (κ2) is 3.11. The Balaban J connectivity index is 1.92. The third-order valence-corrected chi connectivity index (χ3v) is 3.12. The molecule has 0 saturated carbocycles. The molecule has 0 spiro atoms. The number of hydrogen-bond acceptors (Lipinski definition) is 2. The second-order valence-electron chi connectivity index (χ2n) is 3.82. The van der Waals surface area contributed by atoms with Crippen LogP contribution in [0.4, 0.5) is 0 Å². The molecule has 2 heterocycles. The van der Waals surface area contributed by atoms with Crippen molar-refractivity contribution in [2.24, 2.45) is 5.92 Å². The SMILES string of the molecule is CCN1C[C@@H]2CCCN[C@@H]2C1. The molecule has 0 aromatic heterocycles. The Morgan fingerprint density at radius 2 is 2.36 bits per heavy atom. The highest BCUT2D eigenvalue weighted by atomic mass is 15.2. The average molecular weight is 154 g/mol. The van der Waals surface area contributed by atoms with E-state index in [-0.39, 0.29) is 0 Å². The minimum atomic E-state index is 0.823. The molecule has 0 radical (unpaired) electrons. The molecule has 2 heteroatoms. The number of rotatable bonds is 1. The van der Waals surface area contributed by atoms with Gasteiger partial charge in [0.2, 0.25) is 0 Å². The first kappa shape index (κ1) is 7.56. The van der Waals surface area contributed by atoms with Gasteiger partial charge in [-0.05, 0) is 31.8 Å². The molecule has 1 N–H and O–H groups in total. The quantitative estimate of drug-likeness (QED) is 0.598. The molecule has 2 nitrogen and oxygen atoms in total. The van der Waals surface area contributed by atoms with E-state index in [0.29, 0.717) is 0 Å². The van der Waals surface area contributed by atoms with Crippen LogP contribution in [0.2, 0.25) is 0 Å². The standard InChI is InChI=1S/C9H18N2/c1-2-11-6-8-4-3-5-10-9(8)7-11/h8-10H,2-7H2,1H3/t8-,9+/m0/s1. The van der Waals surface area contributed by atoms with Crippen molar-refractivity contribution in [3.8, 4) is 0 Å². The van der Waals surface area contributed by atoms with Gasteiger partial charge in [0.25, 0.3) is 0 Å². The monoisotopic (exact) mass is 154 g/mol. The van der Waals surface area contributed by atoms with Crippen LogP contribution in [0.25, 0.3) is 0 Å². The lowest BCUT2D eigenvalue weighted by atomic mass is 9.94. The van der Waals surface area contributed by atoms with Crippen molar-refractivity contribution in [1.29, 1.82) is 0 Å². The van der Waals surface area contributed by atoms with Crippen LogP contribution in [0.3, 0.4) is 0 Å². The molecular formula is C9H18N2. The fourth-order valence-corrected chi connectivity index (χ4v) is 2.39. The second-order valence-corrected chi connectivity index (χ2v) is 3.82. The first-order chi connectivity index (χ1) is 5.40. The minimum Gasteiger partial charge on any atom is -0.312 e. The summed E-state index contributed by atoms with van der Waals surface area (Å²) in [6.45, 7) is 7.38. The molecule has 0 amide bonds. The highest BCUT2D eigenvalue weighted by Gasteiger charge is 2.32. The van der Waals surface area contributed by atoms with Crippen LogP contribution in [0, 0.1) is 5.92 Å². The predicted octanol–water partition coefficient (Wildman–Crippen LogP) is 0.690. The normalized spacial score (nSPS) is 39.0. The molecular weight excluding hydrogens is 136 g/mol. The Kier molecular flexibility index (Phi) is 2.14. The van der Waals surface area contributed by atoms with Crippen LogP contribution < -0.4 is 5.32 Å². The van der Waals surface area contributed by atoms with E-state index >= 15 is 0 Å². The molecule has 2 aliphatic rings. The lowest BCUT2D eigenvalue weighted by Gasteiger charge is -2.24. The Bertz CT molecular complexity index is 122. The fraction of sp³-hybridized carbons (Fsp3) is 1.00. The fourth-order valence-electron chi connectivity index (χ4n) is 2.39. The molecule has 0 aliphatic carbocycles. The average Bonchev–Trinajstić information content (AvgIpc) is 2.46. The van der Waals surface area contributed by atoms with Gasteiger partial charge in [0.1, 0.15) is 0 Å². The maximum atomic E-state index is 3.60. The molecule has 2 saturated heterocycles. The van der Waals surface area contributed by atoms with Gasteiger partial charge in [-0.25, -0.2) is 0 Å². The Hall–Kier alpha value is -0.0800. The van der Waals surface area contributed by atoms with E-state index in [1.807, 2.05) is 0 Å². The van der Waals surface area contributed by atoms with Crippen molar-refractivity contribution < 1.29 is 0 Å². The van der Waals surface area contributed by atoms with Crippen LogP contribution >= 0.6 is 0 Å². The first-order valence-corrected chi connectivity index (χ1v) is 4.86. The zero-order valence-electron chi connectivity index (χ0n) is 7.34. The smallest absolute Gasteiger partial charge is 0.0235 e. The lowest BCUT2D eigenvalue weighted by molar-refractivity contribution is 0.331. The number of nitrogens with one attached hydrogen (secondary N) is 1. The molecule has 2 fully saturated rings. The molecule has 0 aromatic carbocycles. The Labute approximate surface area is 69.0 Å². The molecule has 11 heavy (non-hydrogen) atoms. The largest absolute Gasteiger partial charge is 0.312 e. The zero-order chi connectivity index (χ0) is 7.68. The third-order valence-electron chi connectivity index (χ3n) is 3.12. The lowest BCUT2D eigenvalue weighted by Crippen LogP contribution is -2.40. The number of likely N-dealkylation sites (N-methyl/N-ethyl adjacent to an activating group) is 1. The summed E-state index contributed by atoms with van der Waals surface area (Å²) in [6, 6.07) is 0.823. The van der Waals surface area contributed by atoms with Gasteiger partial charge in [-0.15, -0.1) is 0 Å². The third kappa shape index (κ3) is 1.42. The molecule has 2 rings (SSSR count). The number of piperidine rings is 1. The van der Waals surface area contributed by atoms with Gasteiger partial charge < -0.3 is 10.2 Å². The van der Waals surface area contributed by atoms with Crippen LogP contribution in [-0.4, -0.2) is 37.1 Å². The van der Waals surface area contributed by atoms with Gasteiger partial charge in [0.05, 0.1) is 0 Å². The van der Waals surface area contributed by atoms with Crippen molar-refractivity contribution in [3.63, 3.8) is 0 Å². The van der Waals surface area contributed by atoms with Gasteiger partial charge in [0.15, 0.2) is 0 Å². The van der Waals surface area contributed by atoms with Crippen LogP contribution in [0.5, 0.6) is 0 Å². The van der Waals surface area contributed by atoms with Crippen LogP contribution in [-0.2, 0) is 0 Å². The number of hydrogen-bond donors (Lipinski definition) is 1. The van der Waals surface area contributed by atoms with Crippen molar-refractivity contribution in [3.05, 3.63) is 0 Å². The first-order valence-electron chi connectivity index (χ1n) is 4.86. The van der Waals surface area contributed by atoms with Crippen molar-refractivity contribution in [1.82, 2.24) is 10.2 Å². The maximum Gasteiger partial charge on any atom is 0.0235 e. The van der Waals surface area contributed by atoms with E-state index in [1.165, 1.54) is 39.0 Å². The van der Waals surface area contributed by atoms with Gasteiger partial charge >= 0.3 is 0 Å². The summed E-state index contributed by atoms with van der Waals surface area (Å²) in [5, 5.41) is 3.60. The van der Waals surface area contributed by atoms with E-state index in [0.717, 1.165) is 12.0 Å². The summed E-state index contributed by atoms with van der Waals surface area (Å²) in [5.74, 6) is 0.962. The van der Waals surface area contributed by atoms with Crippen LogP contribution in [0.15, 0.2) is 0 Å². The number of nitrogens with zero attached hydrogens (tertiary/aromatic N) is 1. The van der Waals surface area contributed by atoms with Crippen molar-refractivity contribution >= 4 is 0 Å². The number of fused-ring (bicyclic) bond motifs is 1. The van der Waals surface area contributed by atoms with Crippen LogP contribution in [0.1, 0.15) is 19.8 Å². The van der Waals surface area contributed by atoms with Gasteiger partial charge in [0, 0.05) is 19.1 Å². The van der Waals surface area contributed by atoms with Gasteiger partial charge in [-0.2, -0.15) is 0 Å². The highest BCUT2D eigenvalue weighted by Crippen LogP contribution is 2.24. The summed E-state index contributed by atoms with van der Waals surface area (Å²) < 4.78 is 0. The molecule has 2 atom stereocenters. The summed E-state index contributed by atoms with van der Waals surface area (Å²) in [5.41, 5.74) is 0. The summed E-state index contributed by atoms with van der Waals surface area (Å²) >= 11 is 0. The molecule has 64 valence electrons. The summed E-state index contributed by atoms with van der Waals surface area (Å²) in [7, 11) is 0. The maximum absolute atomic E-state index is 3.60. The highest BCUT2D eigenvalue weighted by molar-refractivity contribution is 4.91. The predicted molar refractivity (Wildman–Crippen MR) is 46.6 cm³/mol. The Morgan fingerprint density at radius 3 is 3.09 bits per heavy atom. The van der Waals surface area contributed by atoms with E-state index in [1.54, 1.807) is 0 Å². The van der Waals surface area contributed by atoms with E-state index in [2.05, 4.69) is 17.1 Å². The zero-order valence-corrected chi connectivity index (χ0v) is 7.34. The Morgan fingerprint density at radius 1 is 1.45 bits per heavy atom. The van der Waals surface area contributed by atoms with E-state index < -0.39 is 0 Å². The minimum absolute atomic E-state index is 0.823. The molecule has 2 aliphatic heterocycles. The van der Waals surface area contributed by atoms with Gasteiger partial charge in [-0.3, -0.25) is 0 Å². The van der Waals surface area contributed by atoms with Crippen molar-refractivity contribution in [2.45, 2.75) is 25.8 Å². The topological polar surface area (TPSA) is 15.3 Å². The van der Waals surface area contributed by atoms with E-state index in [9.17, 15) is 0 Å². The molecule has 0 bridgehead atoms. The summed E-state index contributed by atoms with van der Waals surface area (Å²) in [4.78, 5) is 2.56. The molecule has 0 aromatic rings. The molecule has 0 unspecified atom stereocenters. The van der Waals surface area contributed by atoms with Gasteiger partial charge in [-0.1, -0.05) is 6.92 Å². The summed E-state index contributed by atoms with van der Waals surface area (Å²) in [6.07, 6.45) is 2.84.